The van der Waals surface area contributed by atoms with Crippen molar-refractivity contribution in [3.8, 4) is 5.75 Å². The fraction of sp³-hybridized carbons (Fsp3) is 0.667. The van der Waals surface area contributed by atoms with Crippen LogP contribution in [0.3, 0.4) is 0 Å². The molecule has 144 valence electrons. The lowest BCUT2D eigenvalue weighted by Crippen LogP contribution is -2.24. The molecule has 3 rings (SSSR count). The zero-order chi connectivity index (χ0) is 18.2. The van der Waals surface area contributed by atoms with Crippen molar-refractivity contribution in [2.24, 2.45) is 5.92 Å². The van der Waals surface area contributed by atoms with Crippen LogP contribution in [0.25, 0.3) is 0 Å². The summed E-state index contributed by atoms with van der Waals surface area (Å²) < 4.78 is 5.99. The van der Waals surface area contributed by atoms with Gasteiger partial charge < -0.3 is 10.1 Å². The van der Waals surface area contributed by atoms with Gasteiger partial charge in [-0.05, 0) is 87.4 Å². The van der Waals surface area contributed by atoms with Crippen LogP contribution >= 0.6 is 0 Å². The van der Waals surface area contributed by atoms with Crippen LogP contribution < -0.4 is 10.1 Å². The van der Waals surface area contributed by atoms with Crippen LogP contribution in [-0.2, 0) is 5.41 Å². The van der Waals surface area contributed by atoms with E-state index in [-0.39, 0.29) is 0 Å². The van der Waals surface area contributed by atoms with E-state index in [4.69, 9.17) is 4.74 Å². The van der Waals surface area contributed by atoms with Gasteiger partial charge in [-0.3, -0.25) is 0 Å². The van der Waals surface area contributed by atoms with Gasteiger partial charge in [-0.15, -0.1) is 6.58 Å². The summed E-state index contributed by atoms with van der Waals surface area (Å²) in [6, 6.07) is 9.62. The van der Waals surface area contributed by atoms with Crippen LogP contribution in [0.15, 0.2) is 36.9 Å². The highest BCUT2D eigenvalue weighted by molar-refractivity contribution is 5.37. The molecule has 2 nitrogen and oxygen atoms in total. The van der Waals surface area contributed by atoms with E-state index in [0.29, 0.717) is 11.5 Å². The molecule has 0 radical (unpaired) electrons. The van der Waals surface area contributed by atoms with Crippen molar-refractivity contribution in [3.63, 3.8) is 0 Å². The second-order valence-electron chi connectivity index (χ2n) is 8.51. The van der Waals surface area contributed by atoms with Gasteiger partial charge in [0.15, 0.2) is 0 Å². The zero-order valence-electron chi connectivity index (χ0n) is 16.6. The van der Waals surface area contributed by atoms with Crippen LogP contribution in [0.2, 0.25) is 0 Å². The topological polar surface area (TPSA) is 21.3 Å². The van der Waals surface area contributed by atoms with E-state index in [1.165, 1.54) is 69.8 Å². The minimum absolute atomic E-state index is 0.462. The van der Waals surface area contributed by atoms with Gasteiger partial charge in [0.1, 0.15) is 5.75 Å². The molecule has 1 aromatic carbocycles. The van der Waals surface area contributed by atoms with Crippen molar-refractivity contribution >= 4 is 0 Å². The second kappa shape index (κ2) is 9.60. The van der Waals surface area contributed by atoms with E-state index < -0.39 is 0 Å². The predicted molar refractivity (Wildman–Crippen MR) is 111 cm³/mol. The van der Waals surface area contributed by atoms with E-state index in [9.17, 15) is 0 Å². The lowest BCUT2D eigenvalue weighted by Gasteiger charge is -2.18. The van der Waals surface area contributed by atoms with Crippen LogP contribution in [-0.4, -0.2) is 19.7 Å². The van der Waals surface area contributed by atoms with Gasteiger partial charge in [0.25, 0.3) is 0 Å². The van der Waals surface area contributed by atoms with E-state index in [2.05, 4.69) is 43.2 Å². The van der Waals surface area contributed by atoms with E-state index in [1.807, 2.05) is 6.08 Å². The Bertz CT molecular complexity index is 559. The number of nitrogens with one attached hydrogen (secondary N) is 1. The smallest absolute Gasteiger partial charge is 0.119 e. The molecule has 0 spiro atoms. The number of hydrogen-bond acceptors (Lipinski definition) is 2. The largest absolute Gasteiger partial charge is 0.493 e. The normalized spacial score (nSPS) is 19.1. The van der Waals surface area contributed by atoms with E-state index in [0.717, 1.165) is 24.7 Å². The summed E-state index contributed by atoms with van der Waals surface area (Å²) in [5.74, 6) is 1.90. The predicted octanol–water partition coefficient (Wildman–Crippen LogP) is 6.01. The average molecular weight is 356 g/mol. The number of benzene rings is 1. The number of rotatable bonds is 14. The fourth-order valence-corrected chi connectivity index (χ4v) is 4.03. The molecule has 26 heavy (non-hydrogen) atoms. The Hall–Kier alpha value is -1.28. The summed E-state index contributed by atoms with van der Waals surface area (Å²) in [6.07, 6.45) is 16.5. The highest BCUT2D eigenvalue weighted by Gasteiger charge is 2.43. The van der Waals surface area contributed by atoms with Crippen molar-refractivity contribution in [3.05, 3.63) is 42.5 Å². The minimum atomic E-state index is 0.462. The van der Waals surface area contributed by atoms with Crippen molar-refractivity contribution < 1.29 is 4.74 Å². The number of allylic oxidation sites excluding steroid dienone is 1. The van der Waals surface area contributed by atoms with Crippen LogP contribution in [0.4, 0.5) is 0 Å². The Morgan fingerprint density at radius 1 is 1.23 bits per heavy atom. The molecule has 0 amide bonds. The van der Waals surface area contributed by atoms with E-state index in [1.54, 1.807) is 0 Å². The number of ether oxygens (including phenoxy) is 1. The third kappa shape index (κ3) is 5.87. The molecule has 0 aliphatic heterocycles. The fourth-order valence-electron chi connectivity index (χ4n) is 4.03. The van der Waals surface area contributed by atoms with Gasteiger partial charge in [0.05, 0.1) is 6.61 Å². The summed E-state index contributed by atoms with van der Waals surface area (Å²) in [5, 5.41) is 3.45. The molecule has 2 saturated carbocycles. The highest BCUT2D eigenvalue weighted by Crippen LogP contribution is 2.52. The Balaban J connectivity index is 1.39. The van der Waals surface area contributed by atoms with Crippen molar-refractivity contribution in [2.75, 3.05) is 13.7 Å². The zero-order valence-corrected chi connectivity index (χ0v) is 16.6. The van der Waals surface area contributed by atoms with Gasteiger partial charge in [0, 0.05) is 6.04 Å². The quantitative estimate of drug-likeness (QED) is 0.326. The van der Waals surface area contributed by atoms with Crippen LogP contribution in [0.5, 0.6) is 5.75 Å². The molecule has 0 heterocycles. The van der Waals surface area contributed by atoms with Crippen LogP contribution in [0, 0.1) is 5.92 Å². The molecule has 2 fully saturated rings. The first-order valence-electron chi connectivity index (χ1n) is 10.8. The third-order valence-electron chi connectivity index (χ3n) is 6.32. The Morgan fingerprint density at radius 3 is 2.77 bits per heavy atom. The lowest BCUT2D eigenvalue weighted by atomic mass is 9.89. The van der Waals surface area contributed by atoms with Gasteiger partial charge in [0.2, 0.25) is 0 Å². The first-order chi connectivity index (χ1) is 12.8. The molecule has 1 N–H and O–H groups in total. The summed E-state index contributed by atoms with van der Waals surface area (Å²) in [4.78, 5) is 0. The maximum Gasteiger partial charge on any atom is 0.119 e. The first kappa shape index (κ1) is 19.5. The first-order valence-corrected chi connectivity index (χ1v) is 10.8. The maximum atomic E-state index is 5.99. The SMILES string of the molecule is C=CCCC(CCCCCC1(c2cccc(OCC3CC3)c2)CC1)NC. The van der Waals surface area contributed by atoms with Gasteiger partial charge in [-0.1, -0.05) is 37.5 Å². The molecular weight excluding hydrogens is 318 g/mol. The van der Waals surface area contributed by atoms with Crippen molar-refractivity contribution in [1.29, 1.82) is 0 Å². The van der Waals surface area contributed by atoms with E-state index >= 15 is 0 Å². The van der Waals surface area contributed by atoms with Gasteiger partial charge in [-0.2, -0.15) is 0 Å². The molecule has 0 aromatic heterocycles. The number of unbranched alkanes of at least 4 members (excludes halogenated alkanes) is 2. The molecule has 1 atom stereocenters. The van der Waals surface area contributed by atoms with Gasteiger partial charge >= 0.3 is 0 Å². The summed E-state index contributed by atoms with van der Waals surface area (Å²) in [6.45, 7) is 4.74. The summed E-state index contributed by atoms with van der Waals surface area (Å²) in [5.41, 5.74) is 1.98. The average Bonchev–Trinajstić information content (AvgIpc) is 3.58. The van der Waals surface area contributed by atoms with Gasteiger partial charge in [-0.25, -0.2) is 0 Å². The molecule has 2 heteroatoms. The van der Waals surface area contributed by atoms with Crippen molar-refractivity contribution in [1.82, 2.24) is 5.32 Å². The maximum absolute atomic E-state index is 5.99. The number of hydrogen-bond donors (Lipinski definition) is 1. The van der Waals surface area contributed by atoms with Crippen LogP contribution in [0.1, 0.15) is 76.2 Å². The molecule has 2 aliphatic rings. The second-order valence-corrected chi connectivity index (χ2v) is 8.51. The van der Waals surface area contributed by atoms with Crippen molar-refractivity contribution in [2.45, 2.75) is 82.1 Å². The molecule has 0 saturated heterocycles. The Kier molecular flexibility index (Phi) is 7.19. The molecule has 1 aromatic rings. The summed E-state index contributed by atoms with van der Waals surface area (Å²) >= 11 is 0. The molecular formula is C24H37NO. The molecule has 2 aliphatic carbocycles. The Morgan fingerprint density at radius 2 is 2.08 bits per heavy atom. The molecule has 0 bridgehead atoms. The third-order valence-corrected chi connectivity index (χ3v) is 6.32. The lowest BCUT2D eigenvalue weighted by molar-refractivity contribution is 0.299. The Labute approximate surface area is 160 Å². The highest BCUT2D eigenvalue weighted by atomic mass is 16.5. The summed E-state index contributed by atoms with van der Waals surface area (Å²) in [7, 11) is 2.09. The monoisotopic (exact) mass is 355 g/mol. The molecule has 1 unspecified atom stereocenters. The minimum Gasteiger partial charge on any atom is -0.493 e. The standard InChI is InChI=1S/C24H37NO/c1-3-4-10-22(25-2)11-6-5-7-15-24(16-17-24)21-9-8-12-23(18-21)26-19-20-13-14-20/h3,8-9,12,18,20,22,25H,1,4-7,10-11,13-17,19H2,2H3.